The van der Waals surface area contributed by atoms with Crippen LogP contribution in [0.1, 0.15) is 5.56 Å². The number of anilines is 1. The van der Waals surface area contributed by atoms with Crippen molar-refractivity contribution >= 4 is 37.5 Å². The molecule has 2 aromatic rings. The molecule has 2 N–H and O–H groups in total. The van der Waals surface area contributed by atoms with Gasteiger partial charge in [-0.1, -0.05) is 28.1 Å². The van der Waals surface area contributed by atoms with Gasteiger partial charge in [-0.15, -0.1) is 0 Å². The van der Waals surface area contributed by atoms with E-state index < -0.39 is 0 Å². The Bertz CT molecular complexity index is 555. The van der Waals surface area contributed by atoms with E-state index in [9.17, 15) is 4.39 Å². The van der Waals surface area contributed by atoms with E-state index >= 15 is 0 Å². The molecule has 94 valence electrons. The number of benzene rings is 2. The number of rotatable bonds is 3. The highest BCUT2D eigenvalue weighted by Gasteiger charge is 2.05. The van der Waals surface area contributed by atoms with Gasteiger partial charge in [0.1, 0.15) is 18.2 Å². The Hall–Kier alpha value is -1.07. The number of hydrogen-bond donors (Lipinski definition) is 1. The quantitative estimate of drug-likeness (QED) is 0.802. The van der Waals surface area contributed by atoms with Gasteiger partial charge < -0.3 is 10.5 Å². The molecule has 0 atom stereocenters. The summed E-state index contributed by atoms with van der Waals surface area (Å²) in [6.45, 7) is 0.321. The zero-order valence-electron chi connectivity index (χ0n) is 9.29. The Morgan fingerprint density at radius 3 is 2.67 bits per heavy atom. The van der Waals surface area contributed by atoms with E-state index in [0.29, 0.717) is 22.5 Å². The first kappa shape index (κ1) is 13.4. The molecule has 2 rings (SSSR count). The van der Waals surface area contributed by atoms with Crippen molar-refractivity contribution in [3.05, 3.63) is 56.7 Å². The fraction of sp³-hybridized carbons (Fsp3) is 0.0769. The third-order valence-corrected chi connectivity index (χ3v) is 3.76. The van der Waals surface area contributed by atoms with Crippen LogP contribution in [0.3, 0.4) is 0 Å². The minimum Gasteiger partial charge on any atom is -0.489 e. The lowest BCUT2D eigenvalue weighted by molar-refractivity contribution is 0.303. The molecule has 0 aliphatic heterocycles. The van der Waals surface area contributed by atoms with Crippen LogP contribution in [-0.2, 0) is 6.61 Å². The van der Waals surface area contributed by atoms with E-state index in [-0.39, 0.29) is 5.82 Å². The Morgan fingerprint density at radius 2 is 1.94 bits per heavy atom. The third kappa shape index (κ3) is 3.23. The van der Waals surface area contributed by atoms with Gasteiger partial charge in [0, 0.05) is 26.3 Å². The zero-order chi connectivity index (χ0) is 13.1. The van der Waals surface area contributed by atoms with E-state index in [1.54, 1.807) is 12.1 Å². The summed E-state index contributed by atoms with van der Waals surface area (Å²) < 4.78 is 20.1. The predicted molar refractivity (Wildman–Crippen MR) is 77.0 cm³/mol. The number of hydrogen-bond acceptors (Lipinski definition) is 2. The molecule has 2 nitrogen and oxygen atoms in total. The SMILES string of the molecule is Nc1cccc(COc2cc(F)cc(Br)c2)c1Br. The largest absolute Gasteiger partial charge is 0.489 e. The number of nitrogens with two attached hydrogens (primary N) is 1. The van der Waals surface area contributed by atoms with Crippen molar-refractivity contribution in [3.8, 4) is 5.75 Å². The van der Waals surface area contributed by atoms with Crippen molar-refractivity contribution in [2.75, 3.05) is 5.73 Å². The standard InChI is InChI=1S/C13H10Br2FNO/c14-9-4-10(16)6-11(5-9)18-7-8-2-1-3-12(17)13(8)15/h1-6H,7,17H2. The molecule has 0 aliphatic carbocycles. The summed E-state index contributed by atoms with van der Waals surface area (Å²) in [5.74, 6) is 0.127. The molecule has 18 heavy (non-hydrogen) atoms. The minimum absolute atomic E-state index is 0.321. The molecule has 0 bridgehead atoms. The Morgan fingerprint density at radius 1 is 1.17 bits per heavy atom. The maximum atomic E-state index is 13.2. The van der Waals surface area contributed by atoms with E-state index in [0.717, 1.165) is 10.0 Å². The van der Waals surface area contributed by atoms with Gasteiger partial charge in [0.05, 0.1) is 0 Å². The van der Waals surface area contributed by atoms with Crippen molar-refractivity contribution in [3.63, 3.8) is 0 Å². The average Bonchev–Trinajstić information content (AvgIpc) is 2.30. The lowest BCUT2D eigenvalue weighted by Crippen LogP contribution is -1.99. The molecular weight excluding hydrogens is 365 g/mol. The maximum absolute atomic E-state index is 13.2. The number of ether oxygens (including phenoxy) is 1. The molecule has 0 aromatic heterocycles. The van der Waals surface area contributed by atoms with E-state index in [2.05, 4.69) is 31.9 Å². The van der Waals surface area contributed by atoms with Crippen LogP contribution < -0.4 is 10.5 Å². The second kappa shape index (κ2) is 5.71. The number of nitrogen functional groups attached to an aromatic ring is 1. The molecule has 0 aliphatic rings. The highest BCUT2D eigenvalue weighted by molar-refractivity contribution is 9.11. The molecule has 0 saturated heterocycles. The predicted octanol–water partition coefficient (Wildman–Crippen LogP) is 4.51. The summed E-state index contributed by atoms with van der Waals surface area (Å²) in [4.78, 5) is 0. The Kier molecular flexibility index (Phi) is 4.24. The van der Waals surface area contributed by atoms with Crippen molar-refractivity contribution in [1.82, 2.24) is 0 Å². The van der Waals surface area contributed by atoms with Gasteiger partial charge >= 0.3 is 0 Å². The second-order valence-electron chi connectivity index (χ2n) is 3.71. The third-order valence-electron chi connectivity index (χ3n) is 2.34. The van der Waals surface area contributed by atoms with Crippen molar-refractivity contribution in [1.29, 1.82) is 0 Å². The highest BCUT2D eigenvalue weighted by Crippen LogP contribution is 2.26. The van der Waals surface area contributed by atoms with Crippen LogP contribution >= 0.6 is 31.9 Å². The molecule has 0 amide bonds. The van der Waals surface area contributed by atoms with Crippen LogP contribution in [0.4, 0.5) is 10.1 Å². The van der Waals surface area contributed by atoms with Gasteiger partial charge in [-0.05, 0) is 34.1 Å². The first-order valence-corrected chi connectivity index (χ1v) is 6.76. The molecule has 0 saturated carbocycles. The normalized spacial score (nSPS) is 10.4. The first-order chi connectivity index (χ1) is 8.56. The molecule has 0 fully saturated rings. The summed E-state index contributed by atoms with van der Waals surface area (Å²) >= 11 is 6.61. The van der Waals surface area contributed by atoms with Crippen molar-refractivity contribution in [2.45, 2.75) is 6.61 Å². The molecule has 0 spiro atoms. The van der Waals surface area contributed by atoms with Crippen molar-refractivity contribution < 1.29 is 9.13 Å². The number of halogens is 3. The fourth-order valence-corrected chi connectivity index (χ4v) is 2.31. The molecule has 0 unspecified atom stereocenters. The molecular formula is C13H10Br2FNO. The second-order valence-corrected chi connectivity index (χ2v) is 5.42. The van der Waals surface area contributed by atoms with Gasteiger partial charge in [-0.25, -0.2) is 4.39 Å². The topological polar surface area (TPSA) is 35.2 Å². The highest BCUT2D eigenvalue weighted by atomic mass is 79.9. The Labute approximate surface area is 121 Å². The monoisotopic (exact) mass is 373 g/mol. The van der Waals surface area contributed by atoms with Gasteiger partial charge in [0.25, 0.3) is 0 Å². The van der Waals surface area contributed by atoms with E-state index in [1.807, 2.05) is 12.1 Å². The van der Waals surface area contributed by atoms with E-state index in [4.69, 9.17) is 10.5 Å². The van der Waals surface area contributed by atoms with Crippen LogP contribution in [0.5, 0.6) is 5.75 Å². The molecule has 5 heteroatoms. The van der Waals surface area contributed by atoms with Crippen LogP contribution in [0.2, 0.25) is 0 Å². The van der Waals surface area contributed by atoms with Gasteiger partial charge in [-0.2, -0.15) is 0 Å². The summed E-state index contributed by atoms with van der Waals surface area (Å²) in [7, 11) is 0. The van der Waals surface area contributed by atoms with Gasteiger partial charge in [0.2, 0.25) is 0 Å². The molecule has 0 radical (unpaired) electrons. The smallest absolute Gasteiger partial charge is 0.128 e. The lowest BCUT2D eigenvalue weighted by Gasteiger charge is -2.09. The summed E-state index contributed by atoms with van der Waals surface area (Å²) in [5, 5.41) is 0. The molecule has 2 aromatic carbocycles. The zero-order valence-corrected chi connectivity index (χ0v) is 12.5. The van der Waals surface area contributed by atoms with Gasteiger partial charge in [-0.3, -0.25) is 0 Å². The van der Waals surface area contributed by atoms with Crippen LogP contribution in [0.15, 0.2) is 45.3 Å². The maximum Gasteiger partial charge on any atom is 0.128 e. The first-order valence-electron chi connectivity index (χ1n) is 5.18. The minimum atomic E-state index is -0.342. The molecule has 0 heterocycles. The van der Waals surface area contributed by atoms with Crippen molar-refractivity contribution in [2.24, 2.45) is 0 Å². The lowest BCUT2D eigenvalue weighted by atomic mass is 10.2. The van der Waals surface area contributed by atoms with E-state index in [1.165, 1.54) is 12.1 Å². The summed E-state index contributed by atoms with van der Waals surface area (Å²) in [6, 6.07) is 9.97. The van der Waals surface area contributed by atoms with Gasteiger partial charge in [0.15, 0.2) is 0 Å². The average molecular weight is 375 g/mol. The fourth-order valence-electron chi connectivity index (χ4n) is 1.48. The van der Waals surface area contributed by atoms with Crippen LogP contribution in [0, 0.1) is 5.82 Å². The Balaban J connectivity index is 2.14. The summed E-state index contributed by atoms with van der Waals surface area (Å²) in [6.07, 6.45) is 0. The summed E-state index contributed by atoms with van der Waals surface area (Å²) in [5.41, 5.74) is 7.33. The van der Waals surface area contributed by atoms with Crippen LogP contribution in [-0.4, -0.2) is 0 Å². The van der Waals surface area contributed by atoms with Crippen LogP contribution in [0.25, 0.3) is 0 Å².